The van der Waals surface area contributed by atoms with Crippen molar-refractivity contribution >= 4 is 23.3 Å². The highest BCUT2D eigenvalue weighted by molar-refractivity contribution is 5.94. The van der Waals surface area contributed by atoms with E-state index in [9.17, 15) is 14.4 Å². The molecule has 0 spiro atoms. The van der Waals surface area contributed by atoms with E-state index < -0.39 is 0 Å². The number of benzene rings is 1. The van der Waals surface area contributed by atoms with Gasteiger partial charge in [0.2, 0.25) is 11.8 Å². The normalized spacial score (nSPS) is 15.8. The Kier molecular flexibility index (Phi) is 6.18. The second-order valence-electron chi connectivity index (χ2n) is 7.69. The summed E-state index contributed by atoms with van der Waals surface area (Å²) < 4.78 is 0. The number of amides is 2. The van der Waals surface area contributed by atoms with Crippen LogP contribution in [0.25, 0.3) is 0 Å². The van der Waals surface area contributed by atoms with Crippen molar-refractivity contribution < 1.29 is 14.4 Å². The Balaban J connectivity index is 1.77. The number of aryl methyl sites for hydroxylation is 2. The van der Waals surface area contributed by atoms with Gasteiger partial charge in [-0.15, -0.1) is 0 Å². The second kappa shape index (κ2) is 8.17. The number of hydrogen-bond donors (Lipinski definition) is 3. The average molecular weight is 357 g/mol. The quantitative estimate of drug-likeness (QED) is 0.683. The number of ketones is 1. The van der Waals surface area contributed by atoms with Gasteiger partial charge in [0.15, 0.2) is 5.78 Å². The van der Waals surface area contributed by atoms with Crippen LogP contribution in [0.5, 0.6) is 0 Å². The number of anilines is 1. The summed E-state index contributed by atoms with van der Waals surface area (Å²) in [5.41, 5.74) is 8.75. The summed E-state index contributed by atoms with van der Waals surface area (Å²) in [5.74, 6) is -0.453. The van der Waals surface area contributed by atoms with Gasteiger partial charge >= 0.3 is 0 Å². The van der Waals surface area contributed by atoms with Crippen molar-refractivity contribution in [2.24, 2.45) is 5.41 Å². The number of hydrazine groups is 1. The molecule has 6 heteroatoms. The summed E-state index contributed by atoms with van der Waals surface area (Å²) in [7, 11) is 0. The van der Waals surface area contributed by atoms with Crippen LogP contribution < -0.4 is 16.2 Å². The van der Waals surface area contributed by atoms with E-state index in [2.05, 4.69) is 16.2 Å². The molecule has 1 aromatic carbocycles. The molecule has 1 aliphatic rings. The van der Waals surface area contributed by atoms with E-state index in [1.54, 1.807) is 0 Å². The lowest BCUT2D eigenvalue weighted by Crippen LogP contribution is -2.40. The standard InChI is InChI=1S/C20H27N3O3/c1-13-5-6-14(2)17(9-13)21-18(25)7-8-19(26)23-22-15-10-16(24)12-20(3,4)11-15/h5-6,9-10,22H,7-8,11-12H2,1-4H3,(H,21,25)(H,23,26). The largest absolute Gasteiger partial charge is 0.326 e. The van der Waals surface area contributed by atoms with E-state index in [4.69, 9.17) is 0 Å². The van der Waals surface area contributed by atoms with Gasteiger partial charge in [0.1, 0.15) is 0 Å². The van der Waals surface area contributed by atoms with Gasteiger partial charge in [-0.1, -0.05) is 26.0 Å². The lowest BCUT2D eigenvalue weighted by molar-refractivity contribution is -0.125. The van der Waals surface area contributed by atoms with Crippen molar-refractivity contribution in [1.29, 1.82) is 0 Å². The molecule has 3 N–H and O–H groups in total. The molecule has 6 nitrogen and oxygen atoms in total. The van der Waals surface area contributed by atoms with Gasteiger partial charge in [-0.25, -0.2) is 0 Å². The maximum Gasteiger partial charge on any atom is 0.238 e. The van der Waals surface area contributed by atoms with Gasteiger partial charge in [0, 0.05) is 36.7 Å². The number of hydrogen-bond acceptors (Lipinski definition) is 4. The zero-order valence-electron chi connectivity index (χ0n) is 15.9. The summed E-state index contributed by atoms with van der Waals surface area (Å²) in [6.45, 7) is 7.91. The highest BCUT2D eigenvalue weighted by Gasteiger charge is 2.27. The zero-order chi connectivity index (χ0) is 19.3. The van der Waals surface area contributed by atoms with Crippen LogP contribution in [0.2, 0.25) is 0 Å². The number of rotatable bonds is 6. The van der Waals surface area contributed by atoms with Crippen LogP contribution in [0.1, 0.15) is 50.7 Å². The van der Waals surface area contributed by atoms with E-state index in [1.807, 2.05) is 45.9 Å². The molecular weight excluding hydrogens is 330 g/mol. The highest BCUT2D eigenvalue weighted by atomic mass is 16.2. The molecule has 140 valence electrons. The summed E-state index contributed by atoms with van der Waals surface area (Å²) in [5, 5.41) is 2.83. The van der Waals surface area contributed by atoms with Gasteiger partial charge in [-0.2, -0.15) is 0 Å². The van der Waals surface area contributed by atoms with Gasteiger partial charge in [0.25, 0.3) is 0 Å². The van der Waals surface area contributed by atoms with Crippen molar-refractivity contribution in [2.45, 2.75) is 53.4 Å². The smallest absolute Gasteiger partial charge is 0.238 e. The molecular formula is C20H27N3O3. The molecule has 2 rings (SSSR count). The molecule has 1 aromatic rings. The molecule has 0 bridgehead atoms. The predicted octanol–water partition coefficient (Wildman–Crippen LogP) is 2.92. The lowest BCUT2D eigenvalue weighted by Gasteiger charge is -2.29. The van der Waals surface area contributed by atoms with Crippen molar-refractivity contribution in [3.8, 4) is 0 Å². The Labute approximate surface area is 154 Å². The molecule has 0 aromatic heterocycles. The highest BCUT2D eigenvalue weighted by Crippen LogP contribution is 2.32. The molecule has 1 aliphatic carbocycles. The topological polar surface area (TPSA) is 87.3 Å². The summed E-state index contributed by atoms with van der Waals surface area (Å²) in [6, 6.07) is 5.83. The Morgan fingerprint density at radius 2 is 1.77 bits per heavy atom. The van der Waals surface area contributed by atoms with Crippen molar-refractivity contribution in [3.63, 3.8) is 0 Å². The molecule has 0 heterocycles. The second-order valence-corrected chi connectivity index (χ2v) is 7.69. The third kappa shape index (κ3) is 6.02. The van der Waals surface area contributed by atoms with Crippen LogP contribution >= 0.6 is 0 Å². The van der Waals surface area contributed by atoms with Crippen LogP contribution in [0.15, 0.2) is 30.0 Å². The van der Waals surface area contributed by atoms with Crippen molar-refractivity contribution in [3.05, 3.63) is 41.1 Å². The molecule has 0 atom stereocenters. The monoisotopic (exact) mass is 357 g/mol. The predicted molar refractivity (Wildman–Crippen MR) is 101 cm³/mol. The maximum atomic E-state index is 12.0. The van der Waals surface area contributed by atoms with Gasteiger partial charge in [-0.3, -0.25) is 19.8 Å². The minimum atomic E-state index is -0.294. The first-order valence-electron chi connectivity index (χ1n) is 8.80. The summed E-state index contributed by atoms with van der Waals surface area (Å²) >= 11 is 0. The fraction of sp³-hybridized carbons (Fsp3) is 0.450. The third-order valence-corrected chi connectivity index (χ3v) is 4.27. The van der Waals surface area contributed by atoms with Crippen LogP contribution in [0, 0.1) is 19.3 Å². The lowest BCUT2D eigenvalue weighted by atomic mass is 9.79. The van der Waals surface area contributed by atoms with Gasteiger partial charge in [0.05, 0.1) is 0 Å². The zero-order valence-corrected chi connectivity index (χ0v) is 15.9. The van der Waals surface area contributed by atoms with Crippen LogP contribution in [0.3, 0.4) is 0 Å². The molecule has 0 saturated heterocycles. The van der Waals surface area contributed by atoms with Gasteiger partial charge < -0.3 is 10.7 Å². The molecule has 0 radical (unpaired) electrons. The number of nitrogens with one attached hydrogen (secondary N) is 3. The van der Waals surface area contributed by atoms with E-state index in [-0.39, 0.29) is 35.9 Å². The fourth-order valence-corrected chi connectivity index (χ4v) is 2.95. The van der Waals surface area contributed by atoms with Crippen molar-refractivity contribution in [2.75, 3.05) is 5.32 Å². The van der Waals surface area contributed by atoms with Gasteiger partial charge in [-0.05, 0) is 42.9 Å². The summed E-state index contributed by atoms with van der Waals surface area (Å²) in [6.07, 6.45) is 2.87. The minimum Gasteiger partial charge on any atom is -0.326 e. The average Bonchev–Trinajstić information content (AvgIpc) is 2.52. The van der Waals surface area contributed by atoms with E-state index in [0.29, 0.717) is 18.5 Å². The van der Waals surface area contributed by atoms with Crippen molar-refractivity contribution in [1.82, 2.24) is 10.9 Å². The SMILES string of the molecule is Cc1ccc(C)c(NC(=O)CCC(=O)NNC2=CC(=O)CC(C)(C)C2)c1. The molecule has 2 amide bonds. The number of carbonyl (C=O) groups excluding carboxylic acids is 3. The van der Waals surface area contributed by atoms with Crippen LogP contribution in [-0.4, -0.2) is 17.6 Å². The number of carbonyl (C=O) groups is 3. The Hall–Kier alpha value is -2.63. The molecule has 0 aliphatic heterocycles. The first-order valence-corrected chi connectivity index (χ1v) is 8.80. The first-order chi connectivity index (χ1) is 12.1. The molecule has 0 unspecified atom stereocenters. The third-order valence-electron chi connectivity index (χ3n) is 4.27. The van der Waals surface area contributed by atoms with E-state index in [1.165, 1.54) is 6.08 Å². The van der Waals surface area contributed by atoms with Crippen LogP contribution in [-0.2, 0) is 14.4 Å². The Morgan fingerprint density at radius 3 is 2.46 bits per heavy atom. The minimum absolute atomic E-state index is 0.0471. The molecule has 0 fully saturated rings. The molecule has 26 heavy (non-hydrogen) atoms. The Morgan fingerprint density at radius 1 is 1.08 bits per heavy atom. The first kappa shape index (κ1) is 19.7. The number of allylic oxidation sites excluding steroid dienone is 2. The van der Waals surface area contributed by atoms with E-state index in [0.717, 1.165) is 16.8 Å². The van der Waals surface area contributed by atoms with Crippen LogP contribution in [0.4, 0.5) is 5.69 Å². The summed E-state index contributed by atoms with van der Waals surface area (Å²) in [4.78, 5) is 35.7. The maximum absolute atomic E-state index is 12.0. The molecule has 0 saturated carbocycles. The Bertz CT molecular complexity index is 751. The van der Waals surface area contributed by atoms with E-state index >= 15 is 0 Å². The fourth-order valence-electron chi connectivity index (χ4n) is 2.95.